The summed E-state index contributed by atoms with van der Waals surface area (Å²) in [5.41, 5.74) is 4.80. The van der Waals surface area contributed by atoms with Crippen molar-refractivity contribution in [2.24, 2.45) is 0 Å². The fourth-order valence-electron chi connectivity index (χ4n) is 2.63. The Morgan fingerprint density at radius 1 is 1.10 bits per heavy atom. The second-order valence-corrected chi connectivity index (χ2v) is 5.29. The first-order chi connectivity index (χ1) is 10.4. The van der Waals surface area contributed by atoms with Crippen LogP contribution in [0.5, 0.6) is 0 Å². The van der Waals surface area contributed by atoms with Crippen molar-refractivity contribution in [2.45, 2.75) is 13.2 Å². The third-order valence-electron chi connectivity index (χ3n) is 3.78. The van der Waals surface area contributed by atoms with E-state index in [0.29, 0.717) is 19.8 Å². The van der Waals surface area contributed by atoms with Gasteiger partial charge in [-0.1, -0.05) is 48.5 Å². The van der Waals surface area contributed by atoms with Gasteiger partial charge in [-0.15, -0.1) is 0 Å². The van der Waals surface area contributed by atoms with E-state index in [-0.39, 0.29) is 6.92 Å². The van der Waals surface area contributed by atoms with Crippen molar-refractivity contribution in [1.82, 2.24) is 5.32 Å². The van der Waals surface area contributed by atoms with Crippen LogP contribution in [0.2, 0.25) is 0 Å². The molecule has 3 nitrogen and oxygen atoms in total. The molecule has 0 aliphatic carbocycles. The van der Waals surface area contributed by atoms with Crippen molar-refractivity contribution >= 4 is 17.8 Å². The number of hydrogen-bond acceptors (Lipinski definition) is 3. The lowest BCUT2D eigenvalue weighted by Gasteiger charge is -2.20. The second-order valence-electron chi connectivity index (χ2n) is 5.29. The average Bonchev–Trinajstić information content (AvgIpc) is 2.54. The molecule has 2 bridgehead atoms. The van der Waals surface area contributed by atoms with E-state index in [1.165, 1.54) is 22.1 Å². The third-order valence-corrected chi connectivity index (χ3v) is 3.78. The second kappa shape index (κ2) is 6.90. The van der Waals surface area contributed by atoms with Gasteiger partial charge in [-0.2, -0.15) is 0 Å². The standard InChI is InChI=1S/C17H20BNO2/c1-19-10-11-21-18-16-8-6-14(7-9-16)12-20-13-15-4-2-3-5-17(15)18/h2-9,19H,10-13H2,1H3. The van der Waals surface area contributed by atoms with Gasteiger partial charge in [0.2, 0.25) is 0 Å². The molecule has 2 aliphatic heterocycles. The van der Waals surface area contributed by atoms with Gasteiger partial charge in [0.1, 0.15) is 0 Å². The molecule has 0 saturated carbocycles. The zero-order valence-corrected chi connectivity index (χ0v) is 12.3. The quantitative estimate of drug-likeness (QED) is 0.671. The molecule has 108 valence electrons. The molecule has 2 aromatic carbocycles. The fourth-order valence-corrected chi connectivity index (χ4v) is 2.63. The van der Waals surface area contributed by atoms with Crippen LogP contribution in [0.15, 0.2) is 48.5 Å². The van der Waals surface area contributed by atoms with Crippen LogP contribution >= 0.6 is 0 Å². The van der Waals surface area contributed by atoms with Gasteiger partial charge in [-0.25, -0.2) is 0 Å². The van der Waals surface area contributed by atoms with E-state index in [0.717, 1.165) is 6.54 Å². The molecule has 0 fully saturated rings. The van der Waals surface area contributed by atoms with E-state index < -0.39 is 0 Å². The Kier molecular flexibility index (Phi) is 4.71. The van der Waals surface area contributed by atoms with E-state index in [9.17, 15) is 0 Å². The summed E-state index contributed by atoms with van der Waals surface area (Å²) in [5.74, 6) is 0. The fraction of sp³-hybridized carbons (Fsp3) is 0.294. The van der Waals surface area contributed by atoms with Crippen LogP contribution in [0, 0.1) is 0 Å². The van der Waals surface area contributed by atoms with Gasteiger partial charge in [-0.05, 0) is 29.1 Å². The molecule has 0 radical (unpaired) electrons. The van der Waals surface area contributed by atoms with Crippen molar-refractivity contribution in [3.63, 3.8) is 0 Å². The van der Waals surface area contributed by atoms with Crippen molar-refractivity contribution in [2.75, 3.05) is 20.2 Å². The molecule has 0 saturated heterocycles. The minimum Gasteiger partial charge on any atom is -0.426 e. The summed E-state index contributed by atoms with van der Waals surface area (Å²) in [6, 6.07) is 16.9. The van der Waals surface area contributed by atoms with Crippen LogP contribution in [-0.2, 0) is 22.6 Å². The van der Waals surface area contributed by atoms with E-state index >= 15 is 0 Å². The monoisotopic (exact) mass is 281 g/mol. The smallest absolute Gasteiger partial charge is 0.362 e. The molecule has 0 amide bonds. The van der Waals surface area contributed by atoms with Gasteiger partial charge in [0, 0.05) is 13.2 Å². The lowest BCUT2D eigenvalue weighted by Crippen LogP contribution is -2.47. The normalized spacial score (nSPS) is 14.0. The lowest BCUT2D eigenvalue weighted by atomic mass is 9.54. The maximum atomic E-state index is 6.14. The Balaban J connectivity index is 1.98. The van der Waals surface area contributed by atoms with E-state index in [1.807, 2.05) is 7.05 Å². The zero-order valence-electron chi connectivity index (χ0n) is 12.3. The highest BCUT2D eigenvalue weighted by molar-refractivity contribution is 6.80. The van der Waals surface area contributed by atoms with Gasteiger partial charge in [0.05, 0.1) is 13.2 Å². The molecule has 21 heavy (non-hydrogen) atoms. The highest BCUT2D eigenvalue weighted by Crippen LogP contribution is 2.09. The zero-order chi connectivity index (χ0) is 14.5. The number of nitrogens with one attached hydrogen (secondary N) is 1. The van der Waals surface area contributed by atoms with Crippen LogP contribution in [0.25, 0.3) is 0 Å². The molecule has 4 heteroatoms. The molecule has 2 aromatic rings. The maximum Gasteiger partial charge on any atom is 0.362 e. The Bertz CT molecular complexity index is 586. The van der Waals surface area contributed by atoms with Gasteiger partial charge in [0.15, 0.2) is 0 Å². The maximum absolute atomic E-state index is 6.14. The number of likely N-dealkylation sites (N-methyl/N-ethyl adjacent to an activating group) is 1. The number of benzene rings is 2. The Morgan fingerprint density at radius 2 is 1.90 bits per heavy atom. The Hall–Kier alpha value is -1.62. The molecule has 2 heterocycles. The summed E-state index contributed by atoms with van der Waals surface area (Å²) in [4.78, 5) is 0. The summed E-state index contributed by atoms with van der Waals surface area (Å²) < 4.78 is 12.0. The molecule has 0 aromatic heterocycles. The number of ether oxygens (including phenoxy) is 1. The molecular weight excluding hydrogens is 261 g/mol. The van der Waals surface area contributed by atoms with Crippen LogP contribution < -0.4 is 16.2 Å². The van der Waals surface area contributed by atoms with E-state index in [4.69, 9.17) is 9.39 Å². The van der Waals surface area contributed by atoms with Crippen molar-refractivity contribution in [1.29, 1.82) is 0 Å². The third kappa shape index (κ3) is 3.35. The average molecular weight is 281 g/mol. The topological polar surface area (TPSA) is 30.5 Å². The minimum atomic E-state index is -0.0368. The van der Waals surface area contributed by atoms with Crippen LogP contribution in [0.1, 0.15) is 11.1 Å². The summed E-state index contributed by atoms with van der Waals surface area (Å²) in [6.07, 6.45) is 0. The molecule has 2 aliphatic rings. The van der Waals surface area contributed by atoms with E-state index in [1.54, 1.807) is 0 Å². The van der Waals surface area contributed by atoms with Crippen molar-refractivity contribution in [3.8, 4) is 0 Å². The Labute approximate surface area is 126 Å². The van der Waals surface area contributed by atoms with Crippen LogP contribution in [-0.4, -0.2) is 27.1 Å². The largest absolute Gasteiger partial charge is 0.426 e. The predicted octanol–water partition coefficient (Wildman–Crippen LogP) is 1.06. The number of hydrogen-bond donors (Lipinski definition) is 1. The SMILES string of the molecule is CNCCOB1c2ccc(cc2)COCc2ccccc21. The van der Waals surface area contributed by atoms with Crippen LogP contribution in [0.3, 0.4) is 0 Å². The number of rotatable bonds is 4. The molecular formula is C17H20BNO2. The highest BCUT2D eigenvalue weighted by Gasteiger charge is 2.24. The lowest BCUT2D eigenvalue weighted by molar-refractivity contribution is 0.107. The first-order valence-electron chi connectivity index (χ1n) is 7.39. The molecule has 4 rings (SSSR count). The summed E-state index contributed by atoms with van der Waals surface area (Å²) >= 11 is 0. The minimum absolute atomic E-state index is 0.0368. The summed E-state index contributed by atoms with van der Waals surface area (Å²) in [7, 11) is 1.94. The van der Waals surface area contributed by atoms with Gasteiger partial charge in [0.25, 0.3) is 0 Å². The van der Waals surface area contributed by atoms with E-state index in [2.05, 4.69) is 53.8 Å². The molecule has 0 spiro atoms. The predicted molar refractivity (Wildman–Crippen MR) is 86.3 cm³/mol. The number of fused-ring (bicyclic) bond motifs is 4. The Morgan fingerprint density at radius 3 is 2.71 bits per heavy atom. The molecule has 0 atom stereocenters. The summed E-state index contributed by atoms with van der Waals surface area (Å²) in [5, 5.41) is 3.13. The molecule has 0 unspecified atom stereocenters. The highest BCUT2D eigenvalue weighted by atomic mass is 16.5. The van der Waals surface area contributed by atoms with Crippen LogP contribution in [0.4, 0.5) is 0 Å². The summed E-state index contributed by atoms with van der Waals surface area (Å²) in [6.45, 7) is 2.76. The first kappa shape index (κ1) is 14.3. The first-order valence-corrected chi connectivity index (χ1v) is 7.39. The van der Waals surface area contributed by atoms with Crippen molar-refractivity contribution < 1.29 is 9.39 Å². The molecule has 1 N–H and O–H groups in total. The van der Waals surface area contributed by atoms with Gasteiger partial charge in [-0.3, -0.25) is 0 Å². The van der Waals surface area contributed by atoms with Crippen molar-refractivity contribution in [3.05, 3.63) is 59.7 Å². The van der Waals surface area contributed by atoms with Gasteiger partial charge < -0.3 is 14.7 Å². The van der Waals surface area contributed by atoms with Gasteiger partial charge >= 0.3 is 6.92 Å².